The molecule has 2 amide bonds. The van der Waals surface area contributed by atoms with Gasteiger partial charge in [-0.15, -0.1) is 0 Å². The minimum atomic E-state index is -1.10. The number of amides is 2. The van der Waals surface area contributed by atoms with Crippen LogP contribution in [0.4, 0.5) is 10.1 Å². The van der Waals surface area contributed by atoms with Crippen LogP contribution in [0.3, 0.4) is 0 Å². The van der Waals surface area contributed by atoms with E-state index in [1.165, 1.54) is 13.0 Å². The average Bonchev–Trinajstić information content (AvgIpc) is 3.05. The Labute approximate surface area is 172 Å². The monoisotopic (exact) mass is 418 g/mol. The smallest absolute Gasteiger partial charge is 0.312 e. The molecular weight excluding hydrogens is 399 g/mol. The third-order valence-electron chi connectivity index (χ3n) is 4.62. The van der Waals surface area contributed by atoms with Gasteiger partial charge >= 0.3 is 5.97 Å². The lowest BCUT2D eigenvalue weighted by atomic mass is 10.1. The highest BCUT2D eigenvalue weighted by Gasteiger charge is 2.36. The van der Waals surface area contributed by atoms with Crippen LogP contribution in [0.25, 0.3) is 0 Å². The first-order chi connectivity index (χ1) is 13.8. The maximum atomic E-state index is 13.1. The lowest BCUT2D eigenvalue weighted by molar-refractivity contribution is -0.157. The van der Waals surface area contributed by atoms with Crippen LogP contribution in [0.2, 0.25) is 5.02 Å². The zero-order valence-corrected chi connectivity index (χ0v) is 16.5. The molecule has 0 radical (unpaired) electrons. The Morgan fingerprint density at radius 2 is 2.00 bits per heavy atom. The Morgan fingerprint density at radius 3 is 2.69 bits per heavy atom. The van der Waals surface area contributed by atoms with Crippen molar-refractivity contribution in [3.05, 3.63) is 64.9 Å². The van der Waals surface area contributed by atoms with Crippen molar-refractivity contribution in [2.24, 2.45) is 5.92 Å². The maximum absolute atomic E-state index is 13.1. The topological polar surface area (TPSA) is 75.7 Å². The van der Waals surface area contributed by atoms with Crippen LogP contribution in [-0.2, 0) is 25.7 Å². The number of halogens is 2. The largest absolute Gasteiger partial charge is 0.452 e. The fourth-order valence-electron chi connectivity index (χ4n) is 3.04. The van der Waals surface area contributed by atoms with Crippen LogP contribution in [-0.4, -0.2) is 35.3 Å². The first-order valence-corrected chi connectivity index (χ1v) is 9.49. The van der Waals surface area contributed by atoms with Gasteiger partial charge in [0.15, 0.2) is 6.10 Å². The molecule has 1 saturated heterocycles. The fourth-order valence-corrected chi connectivity index (χ4v) is 3.25. The van der Waals surface area contributed by atoms with Crippen molar-refractivity contribution in [2.75, 3.05) is 11.9 Å². The number of rotatable bonds is 6. The van der Waals surface area contributed by atoms with Crippen molar-refractivity contribution >= 4 is 35.1 Å². The van der Waals surface area contributed by atoms with E-state index in [-0.39, 0.29) is 29.6 Å². The van der Waals surface area contributed by atoms with Crippen LogP contribution in [0.1, 0.15) is 18.9 Å². The predicted molar refractivity (Wildman–Crippen MR) is 106 cm³/mol. The normalized spacial score (nSPS) is 17.1. The van der Waals surface area contributed by atoms with Gasteiger partial charge in [0, 0.05) is 19.5 Å². The molecular formula is C21H20ClFN2O4. The van der Waals surface area contributed by atoms with Gasteiger partial charge in [-0.25, -0.2) is 4.39 Å². The van der Waals surface area contributed by atoms with Gasteiger partial charge in [-0.05, 0) is 30.7 Å². The number of esters is 1. The van der Waals surface area contributed by atoms with Crippen LogP contribution < -0.4 is 5.32 Å². The quantitative estimate of drug-likeness (QED) is 0.729. The van der Waals surface area contributed by atoms with E-state index in [0.717, 1.165) is 17.7 Å². The lowest BCUT2D eigenvalue weighted by Gasteiger charge is -2.18. The molecule has 0 spiro atoms. The number of nitrogens with one attached hydrogen (secondary N) is 1. The number of nitrogens with zero attached hydrogens (tertiary/aromatic N) is 1. The van der Waals surface area contributed by atoms with Crippen molar-refractivity contribution in [1.29, 1.82) is 0 Å². The SMILES string of the molecule is C[C@@H](OC(=O)[C@@H]1CC(=O)N(Cc2ccccc2)C1)C(=O)Nc1ccc(F)cc1Cl. The summed E-state index contributed by atoms with van der Waals surface area (Å²) >= 11 is 5.88. The molecule has 0 bridgehead atoms. The van der Waals surface area contributed by atoms with Crippen molar-refractivity contribution in [3.63, 3.8) is 0 Å². The highest BCUT2D eigenvalue weighted by Crippen LogP contribution is 2.24. The summed E-state index contributed by atoms with van der Waals surface area (Å²) < 4.78 is 18.3. The van der Waals surface area contributed by atoms with Gasteiger partial charge in [0.2, 0.25) is 5.91 Å². The van der Waals surface area contributed by atoms with Crippen molar-refractivity contribution in [1.82, 2.24) is 4.90 Å². The Morgan fingerprint density at radius 1 is 1.28 bits per heavy atom. The number of carbonyl (C=O) groups is 3. The molecule has 2 aromatic carbocycles. The van der Waals surface area contributed by atoms with Gasteiger partial charge in [0.05, 0.1) is 16.6 Å². The van der Waals surface area contributed by atoms with Gasteiger partial charge in [-0.2, -0.15) is 0 Å². The van der Waals surface area contributed by atoms with Crippen LogP contribution in [0, 0.1) is 11.7 Å². The first kappa shape index (κ1) is 20.8. The Hall–Kier alpha value is -2.93. The second-order valence-corrected chi connectivity index (χ2v) is 7.26. The predicted octanol–water partition coefficient (Wildman–Crippen LogP) is 3.40. The van der Waals surface area contributed by atoms with E-state index < -0.39 is 29.7 Å². The van der Waals surface area contributed by atoms with Gasteiger partial charge < -0.3 is 15.0 Å². The number of benzene rings is 2. The highest BCUT2D eigenvalue weighted by atomic mass is 35.5. The third kappa shape index (κ3) is 5.32. The van der Waals surface area contributed by atoms with E-state index in [1.54, 1.807) is 4.90 Å². The molecule has 0 aromatic heterocycles. The Kier molecular flexibility index (Phi) is 6.49. The van der Waals surface area contributed by atoms with Crippen LogP contribution >= 0.6 is 11.6 Å². The van der Waals surface area contributed by atoms with E-state index in [9.17, 15) is 18.8 Å². The maximum Gasteiger partial charge on any atom is 0.312 e. The van der Waals surface area contributed by atoms with Crippen molar-refractivity contribution in [2.45, 2.75) is 26.0 Å². The minimum Gasteiger partial charge on any atom is -0.452 e. The number of ether oxygens (including phenoxy) is 1. The van der Waals surface area contributed by atoms with Crippen molar-refractivity contribution < 1.29 is 23.5 Å². The molecule has 2 aromatic rings. The van der Waals surface area contributed by atoms with Crippen LogP contribution in [0.15, 0.2) is 48.5 Å². The summed E-state index contributed by atoms with van der Waals surface area (Å²) in [5.41, 5.74) is 1.19. The number of likely N-dealkylation sites (tertiary alicyclic amines) is 1. The summed E-state index contributed by atoms with van der Waals surface area (Å²) in [6, 6.07) is 13.0. The molecule has 1 fully saturated rings. The van der Waals surface area contributed by atoms with E-state index in [2.05, 4.69) is 5.32 Å². The number of carbonyl (C=O) groups excluding carboxylic acids is 3. The standard InChI is InChI=1S/C21H20ClFN2O4/c1-13(20(27)24-18-8-7-16(23)10-17(18)22)29-21(28)15-9-19(26)25(12-15)11-14-5-3-2-4-6-14/h2-8,10,13,15H,9,11-12H2,1H3,(H,24,27)/t13-,15-/m1/s1. The number of anilines is 1. The molecule has 1 aliphatic rings. The first-order valence-electron chi connectivity index (χ1n) is 9.11. The molecule has 0 saturated carbocycles. The summed E-state index contributed by atoms with van der Waals surface area (Å²) in [7, 11) is 0. The molecule has 0 aliphatic carbocycles. The van der Waals surface area contributed by atoms with E-state index in [4.69, 9.17) is 16.3 Å². The fraction of sp³-hybridized carbons (Fsp3) is 0.286. The number of hydrogen-bond acceptors (Lipinski definition) is 4. The molecule has 2 atom stereocenters. The summed E-state index contributed by atoms with van der Waals surface area (Å²) in [5, 5.41) is 2.53. The number of hydrogen-bond donors (Lipinski definition) is 1. The van der Waals surface area contributed by atoms with Gasteiger partial charge in [-0.1, -0.05) is 41.9 Å². The molecule has 152 valence electrons. The van der Waals surface area contributed by atoms with Gasteiger partial charge in [0.1, 0.15) is 5.82 Å². The van der Waals surface area contributed by atoms with E-state index in [0.29, 0.717) is 6.54 Å². The van der Waals surface area contributed by atoms with Crippen LogP contribution in [0.5, 0.6) is 0 Å². The third-order valence-corrected chi connectivity index (χ3v) is 4.93. The molecule has 29 heavy (non-hydrogen) atoms. The van der Waals surface area contributed by atoms with Crippen molar-refractivity contribution in [3.8, 4) is 0 Å². The lowest BCUT2D eigenvalue weighted by Crippen LogP contribution is -2.33. The molecule has 0 unspecified atom stereocenters. The summed E-state index contributed by atoms with van der Waals surface area (Å²) in [5.74, 6) is -2.50. The van der Waals surface area contributed by atoms with Gasteiger partial charge in [-0.3, -0.25) is 14.4 Å². The zero-order chi connectivity index (χ0) is 21.0. The molecule has 1 aliphatic heterocycles. The summed E-state index contributed by atoms with van der Waals surface area (Å²) in [6.45, 7) is 2.08. The van der Waals surface area contributed by atoms with E-state index in [1.807, 2.05) is 30.3 Å². The second kappa shape index (κ2) is 9.05. The Bertz CT molecular complexity index is 922. The molecule has 1 N–H and O–H groups in total. The molecule has 1 heterocycles. The Balaban J connectivity index is 1.54. The summed E-state index contributed by atoms with van der Waals surface area (Å²) in [6.07, 6.45) is -1.05. The molecule has 3 rings (SSSR count). The summed E-state index contributed by atoms with van der Waals surface area (Å²) in [4.78, 5) is 38.5. The van der Waals surface area contributed by atoms with E-state index >= 15 is 0 Å². The average molecular weight is 419 g/mol. The molecule has 8 heteroatoms. The molecule has 6 nitrogen and oxygen atoms in total. The minimum absolute atomic E-state index is 0.0369. The zero-order valence-electron chi connectivity index (χ0n) is 15.7. The van der Waals surface area contributed by atoms with Gasteiger partial charge in [0.25, 0.3) is 5.91 Å². The highest BCUT2D eigenvalue weighted by molar-refractivity contribution is 6.33. The second-order valence-electron chi connectivity index (χ2n) is 6.85.